The molecule has 0 aliphatic rings. The number of aromatic nitrogens is 3. The highest BCUT2D eigenvalue weighted by atomic mass is 32.2. The first-order chi connectivity index (χ1) is 11.1. The van der Waals surface area contributed by atoms with Crippen LogP contribution in [-0.2, 0) is 11.3 Å². The molecule has 0 aliphatic heterocycles. The van der Waals surface area contributed by atoms with Gasteiger partial charge >= 0.3 is 0 Å². The lowest BCUT2D eigenvalue weighted by molar-refractivity contribution is -0.120. The molecule has 2 aromatic rings. The summed E-state index contributed by atoms with van der Waals surface area (Å²) < 4.78 is 7.26. The van der Waals surface area contributed by atoms with E-state index in [0.717, 1.165) is 11.3 Å². The standard InChI is InChI=1S/C16H20N4O2S/c1-5-8-17-15(21)12(4)23-16-19-18-14(20(16)9-6-2)13-7-10-22-11(13)3/h5-7,10,12H,1-2,8-9H2,3-4H3,(H,17,21). The first-order valence-corrected chi connectivity index (χ1v) is 8.10. The molecule has 0 saturated heterocycles. The van der Waals surface area contributed by atoms with Gasteiger partial charge in [0.1, 0.15) is 5.76 Å². The first kappa shape index (κ1) is 17.1. The Hall–Kier alpha value is -2.28. The number of aryl methyl sites for hydroxylation is 1. The van der Waals surface area contributed by atoms with Crippen molar-refractivity contribution < 1.29 is 9.21 Å². The Kier molecular flexibility index (Phi) is 5.81. The molecule has 1 unspecified atom stereocenters. The molecule has 6 nitrogen and oxygen atoms in total. The van der Waals surface area contributed by atoms with Gasteiger partial charge in [-0.1, -0.05) is 23.9 Å². The third kappa shape index (κ3) is 3.92. The van der Waals surface area contributed by atoms with Crippen molar-refractivity contribution in [2.75, 3.05) is 6.54 Å². The normalized spacial score (nSPS) is 11.9. The van der Waals surface area contributed by atoms with Crippen LogP contribution < -0.4 is 5.32 Å². The summed E-state index contributed by atoms with van der Waals surface area (Å²) in [7, 11) is 0. The summed E-state index contributed by atoms with van der Waals surface area (Å²) in [5.41, 5.74) is 0.884. The summed E-state index contributed by atoms with van der Waals surface area (Å²) in [6.45, 7) is 12.1. The van der Waals surface area contributed by atoms with E-state index >= 15 is 0 Å². The lowest BCUT2D eigenvalue weighted by Gasteiger charge is -2.12. The van der Waals surface area contributed by atoms with Crippen LogP contribution in [0.3, 0.4) is 0 Å². The monoisotopic (exact) mass is 332 g/mol. The fourth-order valence-corrected chi connectivity index (χ4v) is 2.90. The lowest BCUT2D eigenvalue weighted by atomic mass is 10.2. The molecule has 0 bridgehead atoms. The Morgan fingerprint density at radius 2 is 2.26 bits per heavy atom. The van der Waals surface area contributed by atoms with Crippen molar-refractivity contribution in [1.29, 1.82) is 0 Å². The van der Waals surface area contributed by atoms with Gasteiger partial charge in [-0.05, 0) is 19.9 Å². The SMILES string of the molecule is C=CCNC(=O)C(C)Sc1nnc(-c2ccoc2C)n1CC=C. The quantitative estimate of drug-likeness (QED) is 0.594. The molecule has 0 aliphatic carbocycles. The Morgan fingerprint density at radius 1 is 1.48 bits per heavy atom. The van der Waals surface area contributed by atoms with Crippen molar-refractivity contribution in [3.05, 3.63) is 43.4 Å². The Balaban J connectivity index is 2.24. The highest BCUT2D eigenvalue weighted by molar-refractivity contribution is 8.00. The Labute approximate surface area is 139 Å². The molecular weight excluding hydrogens is 312 g/mol. The average Bonchev–Trinajstić information content (AvgIpc) is 3.12. The van der Waals surface area contributed by atoms with Crippen molar-refractivity contribution in [3.8, 4) is 11.4 Å². The molecule has 2 aromatic heterocycles. The topological polar surface area (TPSA) is 73.0 Å². The minimum Gasteiger partial charge on any atom is -0.469 e. The van der Waals surface area contributed by atoms with E-state index < -0.39 is 0 Å². The third-order valence-corrected chi connectivity index (χ3v) is 4.28. The zero-order valence-electron chi connectivity index (χ0n) is 13.3. The second kappa shape index (κ2) is 7.82. The Morgan fingerprint density at radius 3 is 2.87 bits per heavy atom. The fourth-order valence-electron chi connectivity index (χ4n) is 2.01. The molecule has 23 heavy (non-hydrogen) atoms. The zero-order chi connectivity index (χ0) is 16.8. The van der Waals surface area contributed by atoms with E-state index in [1.54, 1.807) is 18.4 Å². The molecule has 2 rings (SSSR count). The van der Waals surface area contributed by atoms with E-state index in [4.69, 9.17) is 4.42 Å². The lowest BCUT2D eigenvalue weighted by Crippen LogP contribution is -2.31. The molecule has 1 atom stereocenters. The van der Waals surface area contributed by atoms with Crippen LogP contribution in [0.25, 0.3) is 11.4 Å². The molecule has 0 fully saturated rings. The van der Waals surface area contributed by atoms with Crippen molar-refractivity contribution >= 4 is 17.7 Å². The van der Waals surface area contributed by atoms with E-state index in [-0.39, 0.29) is 11.2 Å². The van der Waals surface area contributed by atoms with E-state index in [0.29, 0.717) is 24.1 Å². The van der Waals surface area contributed by atoms with Crippen LogP contribution in [0.2, 0.25) is 0 Å². The van der Waals surface area contributed by atoms with Crippen LogP contribution in [0.5, 0.6) is 0 Å². The number of rotatable bonds is 8. The molecule has 2 heterocycles. The van der Waals surface area contributed by atoms with Gasteiger partial charge in [0.05, 0.1) is 17.1 Å². The van der Waals surface area contributed by atoms with Crippen LogP contribution in [0.1, 0.15) is 12.7 Å². The number of carbonyl (C=O) groups excluding carboxylic acids is 1. The van der Waals surface area contributed by atoms with Crippen molar-refractivity contribution in [1.82, 2.24) is 20.1 Å². The average molecular weight is 332 g/mol. The first-order valence-electron chi connectivity index (χ1n) is 7.22. The van der Waals surface area contributed by atoms with Crippen molar-refractivity contribution in [2.45, 2.75) is 30.8 Å². The van der Waals surface area contributed by atoms with Crippen LogP contribution in [-0.4, -0.2) is 32.5 Å². The Bertz CT molecular complexity index is 705. The van der Waals surface area contributed by atoms with E-state index in [2.05, 4.69) is 28.7 Å². The molecule has 7 heteroatoms. The maximum Gasteiger partial charge on any atom is 0.233 e. The number of hydrogen-bond acceptors (Lipinski definition) is 5. The van der Waals surface area contributed by atoms with Crippen LogP contribution in [0.4, 0.5) is 0 Å². The van der Waals surface area contributed by atoms with Gasteiger partial charge in [0.25, 0.3) is 0 Å². The molecule has 1 amide bonds. The number of carbonyl (C=O) groups is 1. The largest absolute Gasteiger partial charge is 0.469 e. The third-order valence-electron chi connectivity index (χ3n) is 3.20. The number of nitrogens with one attached hydrogen (secondary N) is 1. The summed E-state index contributed by atoms with van der Waals surface area (Å²) in [6.07, 6.45) is 5.04. The summed E-state index contributed by atoms with van der Waals surface area (Å²) in [5.74, 6) is 1.41. The maximum absolute atomic E-state index is 12.0. The molecule has 1 N–H and O–H groups in total. The smallest absolute Gasteiger partial charge is 0.233 e. The number of nitrogens with zero attached hydrogens (tertiary/aromatic N) is 3. The minimum absolute atomic E-state index is 0.0657. The van der Waals surface area contributed by atoms with Crippen LogP contribution >= 0.6 is 11.8 Å². The van der Waals surface area contributed by atoms with Crippen LogP contribution in [0, 0.1) is 6.92 Å². The van der Waals surface area contributed by atoms with E-state index in [1.807, 2.05) is 24.5 Å². The summed E-state index contributed by atoms with van der Waals surface area (Å²) in [4.78, 5) is 12.0. The number of thioether (sulfide) groups is 1. The van der Waals surface area contributed by atoms with Gasteiger partial charge < -0.3 is 9.73 Å². The van der Waals surface area contributed by atoms with Crippen molar-refractivity contribution in [2.24, 2.45) is 0 Å². The highest BCUT2D eigenvalue weighted by Crippen LogP contribution is 2.29. The predicted octanol–water partition coefficient (Wildman–Crippen LogP) is 2.82. The molecule has 0 spiro atoms. The van der Waals surface area contributed by atoms with Gasteiger partial charge in [-0.25, -0.2) is 0 Å². The van der Waals surface area contributed by atoms with Gasteiger partial charge in [-0.3, -0.25) is 9.36 Å². The second-order valence-electron chi connectivity index (χ2n) is 4.89. The maximum atomic E-state index is 12.0. The molecule has 0 saturated carbocycles. The molecule has 0 aromatic carbocycles. The number of hydrogen-bond donors (Lipinski definition) is 1. The summed E-state index contributed by atoms with van der Waals surface area (Å²) in [5, 5.41) is 11.6. The second-order valence-corrected chi connectivity index (χ2v) is 6.20. The van der Waals surface area contributed by atoms with Gasteiger partial charge in [0.15, 0.2) is 11.0 Å². The van der Waals surface area contributed by atoms with E-state index in [1.165, 1.54) is 11.8 Å². The number of allylic oxidation sites excluding steroid dienone is 1. The van der Waals surface area contributed by atoms with E-state index in [9.17, 15) is 4.79 Å². The molecular formula is C16H20N4O2S. The van der Waals surface area contributed by atoms with Gasteiger partial charge in [0.2, 0.25) is 5.91 Å². The molecule has 122 valence electrons. The summed E-state index contributed by atoms with van der Waals surface area (Å²) in [6, 6.07) is 1.85. The summed E-state index contributed by atoms with van der Waals surface area (Å²) >= 11 is 1.36. The fraction of sp³-hybridized carbons (Fsp3) is 0.312. The number of amides is 1. The highest BCUT2D eigenvalue weighted by Gasteiger charge is 2.21. The minimum atomic E-state index is -0.291. The van der Waals surface area contributed by atoms with Gasteiger partial charge in [-0.2, -0.15) is 0 Å². The van der Waals surface area contributed by atoms with Gasteiger partial charge in [-0.15, -0.1) is 23.4 Å². The number of furan rings is 1. The van der Waals surface area contributed by atoms with Gasteiger partial charge in [0, 0.05) is 13.1 Å². The predicted molar refractivity (Wildman–Crippen MR) is 91.2 cm³/mol. The zero-order valence-corrected chi connectivity index (χ0v) is 14.1. The molecule has 0 radical (unpaired) electrons. The van der Waals surface area contributed by atoms with Crippen molar-refractivity contribution in [3.63, 3.8) is 0 Å². The van der Waals surface area contributed by atoms with Crippen LogP contribution in [0.15, 0.2) is 47.2 Å².